The van der Waals surface area contributed by atoms with Crippen LogP contribution < -0.4 is 14.8 Å². The van der Waals surface area contributed by atoms with Crippen molar-refractivity contribution in [2.45, 2.75) is 13.3 Å². The van der Waals surface area contributed by atoms with E-state index in [4.69, 9.17) is 9.47 Å². The number of ether oxygens (including phenoxy) is 2. The molecule has 0 unspecified atom stereocenters. The zero-order valence-electron chi connectivity index (χ0n) is 11.2. The standard InChI is InChI=1S/C14H20N2O2/c1-4-15-6-5-10-9-16-14-12(10)7-11(17-2)8-13(14)18-3/h7-9,15-16H,4-6H2,1-3H3. The van der Waals surface area contributed by atoms with Crippen molar-refractivity contribution in [1.82, 2.24) is 10.3 Å². The van der Waals surface area contributed by atoms with Gasteiger partial charge in [-0.1, -0.05) is 6.92 Å². The molecule has 1 heterocycles. The molecule has 4 nitrogen and oxygen atoms in total. The van der Waals surface area contributed by atoms with Gasteiger partial charge < -0.3 is 19.8 Å². The van der Waals surface area contributed by atoms with Crippen LogP contribution in [0.3, 0.4) is 0 Å². The van der Waals surface area contributed by atoms with Crippen molar-refractivity contribution in [2.75, 3.05) is 27.3 Å². The molecule has 2 rings (SSSR count). The summed E-state index contributed by atoms with van der Waals surface area (Å²) in [5.41, 5.74) is 2.31. The maximum atomic E-state index is 5.38. The molecule has 0 radical (unpaired) electrons. The lowest BCUT2D eigenvalue weighted by Gasteiger charge is -2.07. The lowest BCUT2D eigenvalue weighted by molar-refractivity contribution is 0.397. The van der Waals surface area contributed by atoms with Crippen molar-refractivity contribution in [2.24, 2.45) is 0 Å². The van der Waals surface area contributed by atoms with Crippen LogP contribution in [-0.2, 0) is 6.42 Å². The Hall–Kier alpha value is -1.68. The zero-order chi connectivity index (χ0) is 13.0. The van der Waals surface area contributed by atoms with Gasteiger partial charge in [-0.3, -0.25) is 0 Å². The highest BCUT2D eigenvalue weighted by molar-refractivity contribution is 5.90. The monoisotopic (exact) mass is 248 g/mol. The molecule has 0 saturated heterocycles. The molecule has 18 heavy (non-hydrogen) atoms. The van der Waals surface area contributed by atoms with Crippen molar-refractivity contribution in [1.29, 1.82) is 0 Å². The van der Waals surface area contributed by atoms with E-state index in [0.717, 1.165) is 36.5 Å². The molecule has 0 saturated carbocycles. The summed E-state index contributed by atoms with van der Waals surface area (Å²) in [7, 11) is 3.35. The Morgan fingerprint density at radius 2 is 2.06 bits per heavy atom. The van der Waals surface area contributed by atoms with E-state index in [1.807, 2.05) is 12.3 Å². The van der Waals surface area contributed by atoms with Crippen LogP contribution in [0, 0.1) is 0 Å². The van der Waals surface area contributed by atoms with Crippen LogP contribution in [0.2, 0.25) is 0 Å². The first-order valence-corrected chi connectivity index (χ1v) is 6.22. The third kappa shape index (κ3) is 2.43. The van der Waals surface area contributed by atoms with Gasteiger partial charge in [-0.15, -0.1) is 0 Å². The van der Waals surface area contributed by atoms with Crippen molar-refractivity contribution >= 4 is 10.9 Å². The van der Waals surface area contributed by atoms with Crippen molar-refractivity contribution < 1.29 is 9.47 Å². The average molecular weight is 248 g/mol. The molecule has 1 aromatic carbocycles. The van der Waals surface area contributed by atoms with Crippen molar-refractivity contribution in [3.63, 3.8) is 0 Å². The summed E-state index contributed by atoms with van der Waals surface area (Å²) in [6.45, 7) is 4.08. The van der Waals surface area contributed by atoms with Crippen LogP contribution in [0.25, 0.3) is 10.9 Å². The summed E-state index contributed by atoms with van der Waals surface area (Å²) in [6, 6.07) is 3.95. The number of fused-ring (bicyclic) bond motifs is 1. The molecule has 2 N–H and O–H groups in total. The minimum atomic E-state index is 0.819. The number of hydrogen-bond donors (Lipinski definition) is 2. The molecule has 0 aliphatic carbocycles. The molecular weight excluding hydrogens is 228 g/mol. The summed E-state index contributed by atoms with van der Waals surface area (Å²) >= 11 is 0. The first kappa shape index (κ1) is 12.8. The smallest absolute Gasteiger partial charge is 0.146 e. The fourth-order valence-electron chi connectivity index (χ4n) is 2.11. The summed E-state index contributed by atoms with van der Waals surface area (Å²) in [6.07, 6.45) is 3.04. The highest BCUT2D eigenvalue weighted by Crippen LogP contribution is 2.32. The topological polar surface area (TPSA) is 46.3 Å². The van der Waals surface area contributed by atoms with E-state index in [0.29, 0.717) is 0 Å². The van der Waals surface area contributed by atoms with Crippen LogP contribution in [-0.4, -0.2) is 32.3 Å². The van der Waals surface area contributed by atoms with Gasteiger partial charge in [0, 0.05) is 17.6 Å². The number of methoxy groups -OCH3 is 2. The largest absolute Gasteiger partial charge is 0.497 e. The third-order valence-corrected chi connectivity index (χ3v) is 3.09. The Labute approximate surface area is 107 Å². The molecule has 0 aliphatic rings. The van der Waals surface area contributed by atoms with Gasteiger partial charge in [0.2, 0.25) is 0 Å². The second kappa shape index (κ2) is 5.78. The first-order chi connectivity index (χ1) is 8.80. The molecule has 1 aromatic heterocycles. The molecular formula is C14H20N2O2. The highest BCUT2D eigenvalue weighted by atomic mass is 16.5. The summed E-state index contributed by atoms with van der Waals surface area (Å²) < 4.78 is 10.7. The Morgan fingerprint density at radius 3 is 2.72 bits per heavy atom. The number of aromatic nitrogens is 1. The van der Waals surface area contributed by atoms with E-state index in [1.165, 1.54) is 10.9 Å². The SMILES string of the molecule is CCNCCc1c[nH]c2c(OC)cc(OC)cc12. The first-order valence-electron chi connectivity index (χ1n) is 6.22. The fourth-order valence-corrected chi connectivity index (χ4v) is 2.11. The summed E-state index contributed by atoms with van der Waals surface area (Å²) in [5.74, 6) is 1.64. The van der Waals surface area contributed by atoms with Gasteiger partial charge in [0.05, 0.1) is 19.7 Å². The predicted octanol–water partition coefficient (Wildman–Crippen LogP) is 2.34. The van der Waals surface area contributed by atoms with E-state index in [9.17, 15) is 0 Å². The van der Waals surface area contributed by atoms with Gasteiger partial charge in [0.15, 0.2) is 0 Å². The summed E-state index contributed by atoms with van der Waals surface area (Å²) in [5, 5.41) is 4.50. The number of rotatable bonds is 6. The Bertz CT molecular complexity index is 520. The molecule has 0 amide bonds. The average Bonchev–Trinajstić information content (AvgIpc) is 2.81. The molecule has 4 heteroatoms. The maximum Gasteiger partial charge on any atom is 0.146 e. The maximum absolute atomic E-state index is 5.38. The molecule has 0 atom stereocenters. The van der Waals surface area contributed by atoms with E-state index in [-0.39, 0.29) is 0 Å². The number of H-pyrrole nitrogens is 1. The molecule has 0 spiro atoms. The van der Waals surface area contributed by atoms with Crippen LogP contribution in [0.1, 0.15) is 12.5 Å². The molecule has 2 aromatic rings. The second-order valence-electron chi connectivity index (χ2n) is 4.17. The fraction of sp³-hybridized carbons (Fsp3) is 0.429. The Kier molecular flexibility index (Phi) is 4.10. The minimum Gasteiger partial charge on any atom is -0.497 e. The van der Waals surface area contributed by atoms with Crippen LogP contribution >= 0.6 is 0 Å². The number of benzene rings is 1. The van der Waals surface area contributed by atoms with E-state index in [2.05, 4.69) is 23.3 Å². The third-order valence-electron chi connectivity index (χ3n) is 3.09. The van der Waals surface area contributed by atoms with Crippen LogP contribution in [0.5, 0.6) is 11.5 Å². The van der Waals surface area contributed by atoms with Crippen molar-refractivity contribution in [3.8, 4) is 11.5 Å². The van der Waals surface area contributed by atoms with E-state index >= 15 is 0 Å². The number of hydrogen-bond acceptors (Lipinski definition) is 3. The lowest BCUT2D eigenvalue weighted by Crippen LogP contribution is -2.15. The quantitative estimate of drug-likeness (QED) is 0.771. The van der Waals surface area contributed by atoms with E-state index in [1.54, 1.807) is 14.2 Å². The lowest BCUT2D eigenvalue weighted by atomic mass is 10.1. The van der Waals surface area contributed by atoms with Gasteiger partial charge in [0.25, 0.3) is 0 Å². The molecule has 98 valence electrons. The normalized spacial score (nSPS) is 10.8. The molecule has 0 bridgehead atoms. The van der Waals surface area contributed by atoms with Gasteiger partial charge in [-0.05, 0) is 31.1 Å². The second-order valence-corrected chi connectivity index (χ2v) is 4.17. The highest BCUT2D eigenvalue weighted by Gasteiger charge is 2.10. The summed E-state index contributed by atoms with van der Waals surface area (Å²) in [4.78, 5) is 3.28. The van der Waals surface area contributed by atoms with Gasteiger partial charge in [-0.25, -0.2) is 0 Å². The number of likely N-dealkylation sites (N-methyl/N-ethyl adjacent to an activating group) is 1. The van der Waals surface area contributed by atoms with Crippen LogP contribution in [0.4, 0.5) is 0 Å². The Morgan fingerprint density at radius 1 is 1.22 bits per heavy atom. The number of aromatic amines is 1. The van der Waals surface area contributed by atoms with Gasteiger partial charge >= 0.3 is 0 Å². The predicted molar refractivity (Wildman–Crippen MR) is 73.7 cm³/mol. The van der Waals surface area contributed by atoms with Crippen LogP contribution in [0.15, 0.2) is 18.3 Å². The van der Waals surface area contributed by atoms with Gasteiger partial charge in [0.1, 0.15) is 11.5 Å². The zero-order valence-corrected chi connectivity index (χ0v) is 11.2. The van der Waals surface area contributed by atoms with E-state index < -0.39 is 0 Å². The molecule has 0 fully saturated rings. The minimum absolute atomic E-state index is 0.819. The van der Waals surface area contributed by atoms with Crippen molar-refractivity contribution in [3.05, 3.63) is 23.9 Å². The molecule has 0 aliphatic heterocycles. The Balaban J connectivity index is 2.37. The van der Waals surface area contributed by atoms with Gasteiger partial charge in [-0.2, -0.15) is 0 Å². The number of nitrogens with one attached hydrogen (secondary N) is 2.